The molecule has 2 rings (SSSR count). The molecule has 0 heterocycles. The molecule has 4 nitrogen and oxygen atoms in total. The first-order valence-corrected chi connectivity index (χ1v) is 10.8. The Kier molecular flexibility index (Phi) is 9.62. The lowest BCUT2D eigenvalue weighted by molar-refractivity contribution is 0.126. The van der Waals surface area contributed by atoms with E-state index in [0.29, 0.717) is 6.61 Å². The summed E-state index contributed by atoms with van der Waals surface area (Å²) in [5.41, 5.74) is 4.25. The van der Waals surface area contributed by atoms with Crippen molar-refractivity contribution in [1.82, 2.24) is 4.90 Å². The minimum Gasteiger partial charge on any atom is -0.457 e. The molecule has 0 aliphatic heterocycles. The number of benzene rings is 2. The van der Waals surface area contributed by atoms with Gasteiger partial charge < -0.3 is 14.4 Å². The van der Waals surface area contributed by atoms with Gasteiger partial charge in [-0.2, -0.15) is 0 Å². The van der Waals surface area contributed by atoms with E-state index in [0.717, 1.165) is 59.9 Å². The number of unbranched alkanes of at least 4 members (excludes halogenated alkanes) is 1. The van der Waals surface area contributed by atoms with Gasteiger partial charge in [-0.05, 0) is 68.1 Å². The van der Waals surface area contributed by atoms with Gasteiger partial charge in [-0.15, -0.1) is 6.58 Å². The van der Waals surface area contributed by atoms with E-state index in [2.05, 4.69) is 63.5 Å². The maximum atomic E-state index is 6.23. The summed E-state index contributed by atoms with van der Waals surface area (Å²) < 4.78 is 12.0. The van der Waals surface area contributed by atoms with Gasteiger partial charge in [0, 0.05) is 26.1 Å². The van der Waals surface area contributed by atoms with E-state index in [1.807, 2.05) is 36.5 Å². The summed E-state index contributed by atoms with van der Waals surface area (Å²) in [4.78, 5) is 6.64. The Morgan fingerprint density at radius 1 is 1.13 bits per heavy atom. The van der Waals surface area contributed by atoms with E-state index in [9.17, 15) is 0 Å². The predicted molar refractivity (Wildman–Crippen MR) is 128 cm³/mol. The third-order valence-electron chi connectivity index (χ3n) is 5.12. The molecule has 0 aliphatic rings. The summed E-state index contributed by atoms with van der Waals surface area (Å²) in [6.07, 6.45) is 6.03. The summed E-state index contributed by atoms with van der Waals surface area (Å²) in [5, 5.41) is 0. The Morgan fingerprint density at radius 3 is 2.63 bits per heavy atom. The summed E-state index contributed by atoms with van der Waals surface area (Å²) in [6.45, 7) is 14.7. The minimum atomic E-state index is 0.153. The maximum absolute atomic E-state index is 6.23. The van der Waals surface area contributed by atoms with Gasteiger partial charge in [0.15, 0.2) is 0 Å². The molecule has 30 heavy (non-hydrogen) atoms. The summed E-state index contributed by atoms with van der Waals surface area (Å²) in [7, 11) is 2.02. The topological polar surface area (TPSA) is 34.1 Å². The summed E-state index contributed by atoms with van der Waals surface area (Å²) in [5.74, 6) is 1.82. The second kappa shape index (κ2) is 12.2. The molecular formula is C26H36N2O2. The van der Waals surface area contributed by atoms with Gasteiger partial charge in [-0.25, -0.2) is 4.99 Å². The lowest BCUT2D eigenvalue weighted by atomic mass is 10.00. The summed E-state index contributed by atoms with van der Waals surface area (Å²) >= 11 is 0. The molecule has 2 aromatic carbocycles. The quantitative estimate of drug-likeness (QED) is 0.168. The van der Waals surface area contributed by atoms with Crippen molar-refractivity contribution in [2.75, 3.05) is 26.8 Å². The second-order valence-electron chi connectivity index (χ2n) is 7.67. The van der Waals surface area contributed by atoms with Crippen LogP contribution in [0.15, 0.2) is 54.0 Å². The van der Waals surface area contributed by atoms with Crippen LogP contribution in [0.25, 0.3) is 0 Å². The molecule has 1 unspecified atom stereocenters. The zero-order valence-corrected chi connectivity index (χ0v) is 19.1. The molecular weight excluding hydrogens is 372 g/mol. The number of nitrogens with zero attached hydrogens (tertiary/aromatic N) is 2. The van der Waals surface area contributed by atoms with Gasteiger partial charge >= 0.3 is 0 Å². The van der Waals surface area contributed by atoms with Gasteiger partial charge in [0.05, 0.1) is 18.6 Å². The average molecular weight is 409 g/mol. The van der Waals surface area contributed by atoms with Crippen LogP contribution in [0.4, 0.5) is 5.69 Å². The van der Waals surface area contributed by atoms with Crippen molar-refractivity contribution >= 4 is 12.0 Å². The van der Waals surface area contributed by atoms with Crippen molar-refractivity contribution in [2.45, 2.75) is 46.5 Å². The van der Waals surface area contributed by atoms with E-state index in [1.54, 1.807) is 0 Å². The molecule has 0 saturated carbocycles. The zero-order chi connectivity index (χ0) is 21.9. The fourth-order valence-corrected chi connectivity index (χ4v) is 2.96. The normalized spacial score (nSPS) is 12.2. The average Bonchev–Trinajstić information content (AvgIpc) is 2.75. The van der Waals surface area contributed by atoms with E-state index < -0.39 is 0 Å². The van der Waals surface area contributed by atoms with E-state index in [1.165, 1.54) is 0 Å². The molecule has 0 spiro atoms. The molecule has 0 radical (unpaired) electrons. The first-order valence-electron chi connectivity index (χ1n) is 10.8. The number of aliphatic imine (C=N–C) groups is 1. The van der Waals surface area contributed by atoms with Crippen molar-refractivity contribution in [3.8, 4) is 11.5 Å². The number of hydrogen-bond acceptors (Lipinski definition) is 3. The molecule has 0 N–H and O–H groups in total. The number of ether oxygens (including phenoxy) is 2. The molecule has 0 fully saturated rings. The highest BCUT2D eigenvalue weighted by atomic mass is 16.5. The largest absolute Gasteiger partial charge is 0.457 e. The fourth-order valence-electron chi connectivity index (χ4n) is 2.96. The molecule has 0 aromatic heterocycles. The molecule has 0 saturated heterocycles. The van der Waals surface area contributed by atoms with Crippen LogP contribution in [0, 0.1) is 13.8 Å². The number of aryl methyl sites for hydroxylation is 2. The fraction of sp³-hybridized carbons (Fsp3) is 0.423. The van der Waals surface area contributed by atoms with Crippen LogP contribution in [0.1, 0.15) is 49.3 Å². The van der Waals surface area contributed by atoms with Crippen LogP contribution in [0.2, 0.25) is 0 Å². The first kappa shape index (κ1) is 23.7. The van der Waals surface area contributed by atoms with E-state index in [-0.39, 0.29) is 5.92 Å². The second-order valence-corrected chi connectivity index (χ2v) is 7.67. The van der Waals surface area contributed by atoms with Crippen molar-refractivity contribution in [3.05, 3.63) is 65.7 Å². The van der Waals surface area contributed by atoms with Crippen LogP contribution < -0.4 is 4.74 Å². The molecule has 162 valence electrons. The Morgan fingerprint density at radius 2 is 1.93 bits per heavy atom. The smallest absolute Gasteiger partial charge is 0.130 e. The number of rotatable bonds is 12. The third kappa shape index (κ3) is 7.03. The van der Waals surface area contributed by atoms with Gasteiger partial charge in [-0.1, -0.05) is 31.6 Å². The molecule has 2 aromatic rings. The van der Waals surface area contributed by atoms with Crippen molar-refractivity contribution in [2.24, 2.45) is 4.99 Å². The lowest BCUT2D eigenvalue weighted by Gasteiger charge is -2.16. The minimum absolute atomic E-state index is 0.153. The van der Waals surface area contributed by atoms with Crippen LogP contribution in [-0.4, -0.2) is 38.0 Å². The standard InChI is InChI=1S/C26H36N2O2/c1-7-10-14-29-18-22(8-2)23-12-11-13-24(17-23)30-26-16-20(4)25(15-21(26)5)27-19-28(6)9-3/h8,11-13,15-17,19,22H,2,7,9-10,14,18H2,1,3-6H3. The van der Waals surface area contributed by atoms with E-state index >= 15 is 0 Å². The zero-order valence-electron chi connectivity index (χ0n) is 19.1. The predicted octanol–water partition coefficient (Wildman–Crippen LogP) is 6.79. The van der Waals surface area contributed by atoms with Crippen LogP contribution in [0.5, 0.6) is 11.5 Å². The number of hydrogen-bond donors (Lipinski definition) is 0. The first-order chi connectivity index (χ1) is 14.5. The Bertz CT molecular complexity index is 845. The van der Waals surface area contributed by atoms with Gasteiger partial charge in [0.1, 0.15) is 11.5 Å². The highest BCUT2D eigenvalue weighted by Gasteiger charge is 2.11. The molecule has 0 bridgehead atoms. The molecule has 1 atom stereocenters. The van der Waals surface area contributed by atoms with Crippen LogP contribution in [0.3, 0.4) is 0 Å². The summed E-state index contributed by atoms with van der Waals surface area (Å²) in [6, 6.07) is 12.3. The maximum Gasteiger partial charge on any atom is 0.130 e. The Hall–Kier alpha value is -2.59. The third-order valence-corrected chi connectivity index (χ3v) is 5.12. The Balaban J connectivity index is 2.14. The van der Waals surface area contributed by atoms with Crippen molar-refractivity contribution in [3.63, 3.8) is 0 Å². The molecule has 4 heteroatoms. The van der Waals surface area contributed by atoms with Crippen LogP contribution in [-0.2, 0) is 4.74 Å². The monoisotopic (exact) mass is 408 g/mol. The Labute approximate surface area is 182 Å². The van der Waals surface area contributed by atoms with E-state index in [4.69, 9.17) is 9.47 Å². The van der Waals surface area contributed by atoms with Crippen LogP contribution >= 0.6 is 0 Å². The van der Waals surface area contributed by atoms with Crippen molar-refractivity contribution in [1.29, 1.82) is 0 Å². The van der Waals surface area contributed by atoms with Crippen molar-refractivity contribution < 1.29 is 9.47 Å². The lowest BCUT2D eigenvalue weighted by Crippen LogP contribution is -2.14. The highest BCUT2D eigenvalue weighted by molar-refractivity contribution is 5.64. The van der Waals surface area contributed by atoms with Gasteiger partial charge in [0.25, 0.3) is 0 Å². The highest BCUT2D eigenvalue weighted by Crippen LogP contribution is 2.32. The van der Waals surface area contributed by atoms with Gasteiger partial charge in [0.2, 0.25) is 0 Å². The molecule has 0 aliphatic carbocycles. The SMILES string of the molecule is C=CC(COCCCC)c1cccc(Oc2cc(C)c(N=CN(C)CC)cc2C)c1. The van der Waals surface area contributed by atoms with Gasteiger partial charge in [-0.3, -0.25) is 0 Å². The molecule has 0 amide bonds.